The van der Waals surface area contributed by atoms with E-state index in [1.165, 1.54) is 0 Å². The van der Waals surface area contributed by atoms with Crippen molar-refractivity contribution in [2.75, 3.05) is 7.11 Å². The molecule has 0 amide bonds. The molecule has 0 N–H and O–H groups in total. The van der Waals surface area contributed by atoms with Crippen LogP contribution in [0.5, 0.6) is 17.4 Å². The molecule has 0 aliphatic carbocycles. The van der Waals surface area contributed by atoms with Crippen LogP contribution in [0.15, 0.2) is 106 Å². The van der Waals surface area contributed by atoms with Gasteiger partial charge in [0.15, 0.2) is 17.3 Å². The number of pyridine rings is 1. The molecule has 0 spiro atoms. The first kappa shape index (κ1) is 26.6. The largest absolute Gasteiger partial charge is 0.493 e. The highest BCUT2D eigenvalue weighted by molar-refractivity contribution is 5.70. The summed E-state index contributed by atoms with van der Waals surface area (Å²) in [4.78, 5) is 8.87. The highest BCUT2D eigenvalue weighted by Gasteiger charge is 2.16. The lowest BCUT2D eigenvalue weighted by Gasteiger charge is -2.12. The van der Waals surface area contributed by atoms with Gasteiger partial charge in [0, 0.05) is 12.4 Å². The molecule has 210 valence electrons. The third-order valence-corrected chi connectivity index (χ3v) is 6.44. The van der Waals surface area contributed by atoms with E-state index >= 15 is 0 Å². The Balaban J connectivity index is 1.17. The number of rotatable bonds is 11. The fraction of sp³-hybridized carbons (Fsp3) is 0.121. The highest BCUT2D eigenvalue weighted by Crippen LogP contribution is 2.31. The number of hydrogen-bond acceptors (Lipinski definition) is 8. The summed E-state index contributed by atoms with van der Waals surface area (Å²) in [5.74, 6) is 3.30. The molecule has 0 saturated heterocycles. The molecule has 9 nitrogen and oxygen atoms in total. The van der Waals surface area contributed by atoms with E-state index in [4.69, 9.17) is 28.1 Å². The first-order chi connectivity index (χ1) is 20.7. The van der Waals surface area contributed by atoms with Gasteiger partial charge in [0.25, 0.3) is 5.89 Å². The van der Waals surface area contributed by atoms with Crippen LogP contribution in [0.4, 0.5) is 0 Å². The quantitative estimate of drug-likeness (QED) is 0.165. The number of aryl methyl sites for hydroxylation is 1. The number of aromatic nitrogens is 4. The average molecular weight is 561 g/mol. The molecule has 6 aromatic rings. The molecule has 0 radical (unpaired) electrons. The van der Waals surface area contributed by atoms with E-state index in [0.717, 1.165) is 22.5 Å². The summed E-state index contributed by atoms with van der Waals surface area (Å²) in [6, 6.07) is 24.9. The Labute approximate surface area is 242 Å². The standard InChI is InChI=1S/C33H28N4O5/c1-23-28(35-33(42-23)30-12-8-18-39-30)22-40-29-16-13-24(19-31(29)38-2)21-41-32-25(14-15-26-9-6-7-17-34-26)20-37(36-32)27-10-4-3-5-11-27/h3-20H,21-22H2,1-2H3. The summed E-state index contributed by atoms with van der Waals surface area (Å²) in [5, 5.41) is 4.70. The van der Waals surface area contributed by atoms with Crippen molar-refractivity contribution in [3.63, 3.8) is 0 Å². The minimum atomic E-state index is 0.213. The molecule has 0 atom stereocenters. The van der Waals surface area contributed by atoms with Crippen LogP contribution in [0.25, 0.3) is 29.5 Å². The van der Waals surface area contributed by atoms with Crippen molar-refractivity contribution in [1.82, 2.24) is 19.7 Å². The summed E-state index contributed by atoms with van der Waals surface area (Å²) >= 11 is 0. The summed E-state index contributed by atoms with van der Waals surface area (Å²) in [6.07, 6.45) is 9.16. The van der Waals surface area contributed by atoms with Gasteiger partial charge in [-0.25, -0.2) is 9.67 Å². The number of para-hydroxylation sites is 1. The molecule has 9 heteroatoms. The van der Waals surface area contributed by atoms with Gasteiger partial charge >= 0.3 is 0 Å². The molecule has 0 unspecified atom stereocenters. The van der Waals surface area contributed by atoms with E-state index in [2.05, 4.69) is 9.97 Å². The number of furan rings is 1. The Hall–Kier alpha value is -5.57. The second-order valence-corrected chi connectivity index (χ2v) is 9.32. The number of hydrogen-bond donors (Lipinski definition) is 0. The number of methoxy groups -OCH3 is 1. The van der Waals surface area contributed by atoms with E-state index in [0.29, 0.717) is 40.5 Å². The number of ether oxygens (including phenoxy) is 3. The maximum Gasteiger partial charge on any atom is 0.263 e. The van der Waals surface area contributed by atoms with Crippen LogP contribution in [-0.4, -0.2) is 26.9 Å². The van der Waals surface area contributed by atoms with Crippen LogP contribution in [0, 0.1) is 6.92 Å². The lowest BCUT2D eigenvalue weighted by molar-refractivity contribution is 0.275. The number of oxazole rings is 1. The van der Waals surface area contributed by atoms with Gasteiger partial charge in [-0.1, -0.05) is 30.3 Å². The molecule has 0 saturated carbocycles. The van der Waals surface area contributed by atoms with Crippen molar-refractivity contribution < 1.29 is 23.0 Å². The first-order valence-corrected chi connectivity index (χ1v) is 13.3. The molecule has 4 aromatic heterocycles. The zero-order chi connectivity index (χ0) is 28.7. The van der Waals surface area contributed by atoms with E-state index in [1.807, 2.05) is 92.0 Å². The zero-order valence-corrected chi connectivity index (χ0v) is 23.1. The highest BCUT2D eigenvalue weighted by atomic mass is 16.5. The van der Waals surface area contributed by atoms with Crippen LogP contribution in [0.1, 0.15) is 28.3 Å². The fourth-order valence-corrected chi connectivity index (χ4v) is 4.25. The van der Waals surface area contributed by atoms with Crippen molar-refractivity contribution in [2.24, 2.45) is 0 Å². The normalized spacial score (nSPS) is 11.2. The van der Waals surface area contributed by atoms with Crippen LogP contribution >= 0.6 is 0 Å². The van der Waals surface area contributed by atoms with Crippen molar-refractivity contribution in [3.8, 4) is 34.7 Å². The van der Waals surface area contributed by atoms with Gasteiger partial charge in [0.05, 0.1) is 30.3 Å². The molecule has 4 heterocycles. The summed E-state index contributed by atoms with van der Waals surface area (Å²) in [6.45, 7) is 2.33. The first-order valence-electron chi connectivity index (χ1n) is 13.3. The summed E-state index contributed by atoms with van der Waals surface area (Å²) in [7, 11) is 1.60. The van der Waals surface area contributed by atoms with Gasteiger partial charge in [-0.15, -0.1) is 5.10 Å². The molecular formula is C33H28N4O5. The predicted octanol–water partition coefficient (Wildman–Crippen LogP) is 7.16. The Morgan fingerprint density at radius 2 is 1.76 bits per heavy atom. The maximum absolute atomic E-state index is 6.21. The molecule has 0 aliphatic rings. The van der Waals surface area contributed by atoms with Crippen LogP contribution in [-0.2, 0) is 13.2 Å². The van der Waals surface area contributed by atoms with Crippen LogP contribution in [0.3, 0.4) is 0 Å². The lowest BCUT2D eigenvalue weighted by atomic mass is 10.2. The summed E-state index contributed by atoms with van der Waals surface area (Å²) in [5.41, 5.74) is 4.17. The third kappa shape index (κ3) is 6.10. The van der Waals surface area contributed by atoms with Gasteiger partial charge in [0.2, 0.25) is 5.88 Å². The van der Waals surface area contributed by atoms with Crippen molar-refractivity contribution in [2.45, 2.75) is 20.1 Å². The van der Waals surface area contributed by atoms with Crippen LogP contribution < -0.4 is 14.2 Å². The van der Waals surface area contributed by atoms with E-state index in [9.17, 15) is 0 Å². The van der Waals surface area contributed by atoms with E-state index in [1.54, 1.807) is 36.4 Å². The Morgan fingerprint density at radius 3 is 2.55 bits per heavy atom. The Kier molecular flexibility index (Phi) is 7.80. The van der Waals surface area contributed by atoms with Crippen molar-refractivity contribution in [1.29, 1.82) is 0 Å². The molecule has 0 bridgehead atoms. The van der Waals surface area contributed by atoms with Gasteiger partial charge in [-0.2, -0.15) is 0 Å². The van der Waals surface area contributed by atoms with Crippen molar-refractivity contribution in [3.05, 3.63) is 126 Å². The maximum atomic E-state index is 6.21. The third-order valence-electron chi connectivity index (χ3n) is 6.44. The van der Waals surface area contributed by atoms with Gasteiger partial charge in [0.1, 0.15) is 24.7 Å². The SMILES string of the molecule is COc1cc(COc2nn(-c3ccccc3)cc2C=Cc2ccccn2)ccc1OCc1nc(-c2ccco2)oc1C. The number of nitrogens with zero attached hydrogens (tertiary/aromatic N) is 4. The average Bonchev–Trinajstić information content (AvgIpc) is 3.79. The smallest absolute Gasteiger partial charge is 0.263 e. The minimum Gasteiger partial charge on any atom is -0.493 e. The van der Waals surface area contributed by atoms with E-state index in [-0.39, 0.29) is 13.2 Å². The van der Waals surface area contributed by atoms with E-state index < -0.39 is 0 Å². The molecule has 6 rings (SSSR count). The second kappa shape index (κ2) is 12.3. The minimum absolute atomic E-state index is 0.213. The topological polar surface area (TPSA) is 97.6 Å². The lowest BCUT2D eigenvalue weighted by Crippen LogP contribution is -2.02. The second-order valence-electron chi connectivity index (χ2n) is 9.32. The van der Waals surface area contributed by atoms with Gasteiger partial charge in [-0.05, 0) is 73.2 Å². The van der Waals surface area contributed by atoms with Gasteiger partial charge < -0.3 is 23.0 Å². The molecule has 0 fully saturated rings. The Bertz CT molecular complexity index is 1770. The zero-order valence-electron chi connectivity index (χ0n) is 23.1. The fourth-order valence-electron chi connectivity index (χ4n) is 4.25. The molecule has 42 heavy (non-hydrogen) atoms. The molecular weight excluding hydrogens is 532 g/mol. The summed E-state index contributed by atoms with van der Waals surface area (Å²) < 4.78 is 30.8. The molecule has 0 aliphatic heterocycles. The number of benzene rings is 2. The predicted molar refractivity (Wildman–Crippen MR) is 157 cm³/mol. The van der Waals surface area contributed by atoms with Gasteiger partial charge in [-0.3, -0.25) is 4.98 Å². The monoisotopic (exact) mass is 560 g/mol. The molecule has 2 aromatic carbocycles. The van der Waals surface area contributed by atoms with Crippen LogP contribution in [0.2, 0.25) is 0 Å². The Morgan fingerprint density at radius 1 is 0.881 bits per heavy atom. The van der Waals surface area contributed by atoms with Crippen molar-refractivity contribution >= 4 is 12.2 Å².